The third-order valence-electron chi connectivity index (χ3n) is 3.80. The highest BCUT2D eigenvalue weighted by Gasteiger charge is 2.22. The SMILES string of the molecule is CCOc1cc(NS(=O)(=O)c2cccc(N(C)C)c2)c(C(=O)O)cc1OCC. The highest BCUT2D eigenvalue weighted by molar-refractivity contribution is 7.92. The van der Waals surface area contributed by atoms with E-state index in [1.165, 1.54) is 24.3 Å². The maximum atomic E-state index is 12.8. The second-order valence-electron chi connectivity index (χ2n) is 6.01. The first-order chi connectivity index (χ1) is 13.2. The molecule has 0 saturated carbocycles. The van der Waals surface area contributed by atoms with Gasteiger partial charge < -0.3 is 19.5 Å². The number of hydrogen-bond donors (Lipinski definition) is 2. The summed E-state index contributed by atoms with van der Waals surface area (Å²) < 4.78 is 38.9. The molecule has 0 amide bonds. The van der Waals surface area contributed by atoms with Crippen LogP contribution in [0.25, 0.3) is 0 Å². The number of carbonyl (C=O) groups is 1. The van der Waals surface area contributed by atoms with Crippen molar-refractivity contribution in [2.24, 2.45) is 0 Å². The van der Waals surface area contributed by atoms with Crippen molar-refractivity contribution < 1.29 is 27.8 Å². The van der Waals surface area contributed by atoms with E-state index >= 15 is 0 Å². The van der Waals surface area contributed by atoms with Crippen LogP contribution in [-0.4, -0.2) is 46.8 Å². The molecule has 0 aromatic heterocycles. The van der Waals surface area contributed by atoms with Crippen molar-refractivity contribution in [2.45, 2.75) is 18.7 Å². The monoisotopic (exact) mass is 408 g/mol. The lowest BCUT2D eigenvalue weighted by Gasteiger charge is -2.17. The number of benzene rings is 2. The Balaban J connectivity index is 2.52. The van der Waals surface area contributed by atoms with E-state index in [1.807, 2.05) is 0 Å². The number of carboxylic acid groups (broad SMARTS) is 1. The van der Waals surface area contributed by atoms with Crippen LogP contribution in [0.15, 0.2) is 41.3 Å². The van der Waals surface area contributed by atoms with Crippen LogP contribution in [0.3, 0.4) is 0 Å². The molecule has 0 saturated heterocycles. The van der Waals surface area contributed by atoms with Gasteiger partial charge in [-0.25, -0.2) is 13.2 Å². The van der Waals surface area contributed by atoms with Crippen LogP contribution in [0.5, 0.6) is 11.5 Å². The third-order valence-corrected chi connectivity index (χ3v) is 5.17. The fraction of sp³-hybridized carbons (Fsp3) is 0.316. The quantitative estimate of drug-likeness (QED) is 0.657. The van der Waals surface area contributed by atoms with Crippen molar-refractivity contribution in [3.8, 4) is 11.5 Å². The Kier molecular flexibility index (Phi) is 6.74. The summed E-state index contributed by atoms with van der Waals surface area (Å²) >= 11 is 0. The van der Waals surface area contributed by atoms with Crippen LogP contribution >= 0.6 is 0 Å². The molecule has 0 aliphatic heterocycles. The van der Waals surface area contributed by atoms with Crippen molar-refractivity contribution in [1.29, 1.82) is 0 Å². The van der Waals surface area contributed by atoms with E-state index in [1.54, 1.807) is 45.0 Å². The first-order valence-electron chi connectivity index (χ1n) is 8.66. The highest BCUT2D eigenvalue weighted by atomic mass is 32.2. The van der Waals surface area contributed by atoms with E-state index in [-0.39, 0.29) is 27.6 Å². The summed E-state index contributed by atoms with van der Waals surface area (Å²) in [7, 11) is -0.430. The number of ether oxygens (including phenoxy) is 2. The summed E-state index contributed by atoms with van der Waals surface area (Å²) in [6, 6.07) is 8.91. The number of sulfonamides is 1. The average Bonchev–Trinajstić information content (AvgIpc) is 2.63. The Bertz CT molecular complexity index is 957. The molecular formula is C19H24N2O6S. The maximum Gasteiger partial charge on any atom is 0.337 e. The molecule has 0 atom stereocenters. The van der Waals surface area contributed by atoms with Crippen molar-refractivity contribution in [1.82, 2.24) is 0 Å². The summed E-state index contributed by atoms with van der Waals surface area (Å²) in [5.74, 6) is -0.794. The summed E-state index contributed by atoms with van der Waals surface area (Å²) in [6.45, 7) is 4.13. The van der Waals surface area contributed by atoms with Crippen LogP contribution in [0, 0.1) is 0 Å². The van der Waals surface area contributed by atoms with Gasteiger partial charge in [0.1, 0.15) is 0 Å². The zero-order valence-corrected chi connectivity index (χ0v) is 17.0. The van der Waals surface area contributed by atoms with Gasteiger partial charge >= 0.3 is 5.97 Å². The lowest BCUT2D eigenvalue weighted by molar-refractivity contribution is 0.0697. The van der Waals surface area contributed by atoms with Crippen LogP contribution in [0.4, 0.5) is 11.4 Å². The topological polar surface area (TPSA) is 105 Å². The number of nitrogens with one attached hydrogen (secondary N) is 1. The van der Waals surface area contributed by atoms with Crippen LogP contribution in [0.1, 0.15) is 24.2 Å². The lowest BCUT2D eigenvalue weighted by Crippen LogP contribution is -2.17. The number of aromatic carboxylic acids is 1. The molecule has 0 heterocycles. The van der Waals surface area contributed by atoms with Gasteiger partial charge in [0.05, 0.1) is 29.4 Å². The van der Waals surface area contributed by atoms with Crippen molar-refractivity contribution in [2.75, 3.05) is 36.9 Å². The van der Waals surface area contributed by atoms with Crippen LogP contribution < -0.4 is 19.1 Å². The van der Waals surface area contributed by atoms with Gasteiger partial charge in [0.2, 0.25) is 0 Å². The standard InChI is InChI=1S/C19H24N2O6S/c1-5-26-17-11-15(19(22)23)16(12-18(17)27-6-2)20-28(24,25)14-9-7-8-13(10-14)21(3)4/h7-12,20H,5-6H2,1-4H3,(H,22,23). The molecule has 28 heavy (non-hydrogen) atoms. The van der Waals surface area contributed by atoms with Crippen molar-refractivity contribution >= 4 is 27.4 Å². The Morgan fingerprint density at radius 1 is 1.07 bits per heavy atom. The molecule has 9 heteroatoms. The minimum atomic E-state index is -4.02. The Morgan fingerprint density at radius 3 is 2.21 bits per heavy atom. The molecule has 152 valence electrons. The molecule has 0 fully saturated rings. The number of rotatable bonds is 9. The van der Waals surface area contributed by atoms with Gasteiger partial charge in [-0.05, 0) is 32.0 Å². The predicted molar refractivity (Wildman–Crippen MR) is 107 cm³/mol. The summed E-state index contributed by atoms with van der Waals surface area (Å²) in [5, 5.41) is 9.53. The molecule has 0 radical (unpaired) electrons. The van der Waals surface area contributed by atoms with E-state index in [0.717, 1.165) is 0 Å². The minimum Gasteiger partial charge on any atom is -0.490 e. The first-order valence-corrected chi connectivity index (χ1v) is 10.1. The fourth-order valence-corrected chi connectivity index (χ4v) is 3.60. The first kappa shape index (κ1) is 21.4. The second-order valence-corrected chi connectivity index (χ2v) is 7.70. The molecule has 2 aromatic rings. The van der Waals surface area contributed by atoms with E-state index in [9.17, 15) is 18.3 Å². The maximum absolute atomic E-state index is 12.8. The van der Waals surface area contributed by atoms with Gasteiger partial charge in [0.15, 0.2) is 11.5 Å². The Morgan fingerprint density at radius 2 is 1.68 bits per heavy atom. The van der Waals surface area contributed by atoms with Gasteiger partial charge in [-0.1, -0.05) is 6.07 Å². The molecule has 2 rings (SSSR count). The summed E-state index contributed by atoms with van der Waals surface area (Å²) in [4.78, 5) is 13.5. The van der Waals surface area contributed by atoms with Crippen LogP contribution in [0.2, 0.25) is 0 Å². The fourth-order valence-electron chi connectivity index (χ4n) is 2.49. The number of nitrogens with zero attached hydrogens (tertiary/aromatic N) is 1. The molecule has 0 aliphatic rings. The van der Waals surface area contributed by atoms with Gasteiger partial charge in [0, 0.05) is 31.9 Å². The smallest absolute Gasteiger partial charge is 0.337 e. The second kappa shape index (κ2) is 8.83. The Labute approximate surface area is 164 Å². The summed E-state index contributed by atoms with van der Waals surface area (Å²) in [6.07, 6.45) is 0. The van der Waals surface area contributed by atoms with Crippen molar-refractivity contribution in [3.63, 3.8) is 0 Å². The molecular weight excluding hydrogens is 384 g/mol. The minimum absolute atomic E-state index is 0.0156. The van der Waals surface area contributed by atoms with Gasteiger partial charge in [-0.3, -0.25) is 4.72 Å². The van der Waals surface area contributed by atoms with E-state index in [0.29, 0.717) is 18.9 Å². The predicted octanol–water partition coefficient (Wildman–Crippen LogP) is 3.05. The molecule has 0 aliphatic carbocycles. The lowest BCUT2D eigenvalue weighted by atomic mass is 10.1. The van der Waals surface area contributed by atoms with Gasteiger partial charge in [0.25, 0.3) is 10.0 Å². The van der Waals surface area contributed by atoms with Gasteiger partial charge in [-0.2, -0.15) is 0 Å². The number of anilines is 2. The van der Waals surface area contributed by atoms with E-state index < -0.39 is 16.0 Å². The number of carboxylic acids is 1. The number of hydrogen-bond acceptors (Lipinski definition) is 6. The third kappa shape index (κ3) is 4.86. The van der Waals surface area contributed by atoms with Crippen molar-refractivity contribution in [3.05, 3.63) is 42.0 Å². The van der Waals surface area contributed by atoms with E-state index in [2.05, 4.69) is 4.72 Å². The Hall–Kier alpha value is -2.94. The normalized spacial score (nSPS) is 11.0. The van der Waals surface area contributed by atoms with Gasteiger partial charge in [-0.15, -0.1) is 0 Å². The van der Waals surface area contributed by atoms with E-state index in [4.69, 9.17) is 9.47 Å². The largest absolute Gasteiger partial charge is 0.490 e. The zero-order valence-electron chi connectivity index (χ0n) is 16.2. The molecule has 2 N–H and O–H groups in total. The highest BCUT2D eigenvalue weighted by Crippen LogP contribution is 2.35. The van der Waals surface area contributed by atoms with Crippen LogP contribution in [-0.2, 0) is 10.0 Å². The molecule has 0 spiro atoms. The summed E-state index contributed by atoms with van der Waals surface area (Å²) in [5.41, 5.74) is 0.358. The molecule has 0 unspecified atom stereocenters. The average molecular weight is 408 g/mol. The molecule has 2 aromatic carbocycles. The molecule has 8 nitrogen and oxygen atoms in total. The molecule has 0 bridgehead atoms. The zero-order chi connectivity index (χ0) is 20.9.